The van der Waals surface area contributed by atoms with Crippen LogP contribution in [0.3, 0.4) is 0 Å². The van der Waals surface area contributed by atoms with Gasteiger partial charge in [0.2, 0.25) is 0 Å². The highest BCUT2D eigenvalue weighted by molar-refractivity contribution is 6.20. The molecule has 0 N–H and O–H groups in total. The Morgan fingerprint density at radius 2 is 0.761 bits per heavy atom. The SMILES string of the molecule is c1ccc(-c2ccc(-c3cc(-c4ccc(-c5ccc6c(c5)c5ccccc5n6-c5ccccc5)cc4)nc(-c4ccc(-c5c6ccccc6cc6c5ccc5ccccc56)cc4)n3)cc2)cc1. The van der Waals surface area contributed by atoms with Crippen molar-refractivity contribution in [3.8, 4) is 73.0 Å². The van der Waals surface area contributed by atoms with Gasteiger partial charge in [-0.2, -0.15) is 0 Å². The van der Waals surface area contributed by atoms with Gasteiger partial charge in [-0.05, 0) is 108 Å². The monoisotopic (exact) mass is 851 g/mol. The Labute approximate surface area is 388 Å². The molecule has 3 nitrogen and oxygen atoms in total. The molecule has 2 heterocycles. The Kier molecular flexibility index (Phi) is 9.17. The third-order valence-electron chi connectivity index (χ3n) is 13.4. The van der Waals surface area contributed by atoms with Crippen LogP contribution in [0.25, 0.3) is 127 Å². The predicted molar refractivity (Wildman–Crippen MR) is 282 cm³/mol. The molecule has 0 aliphatic carbocycles. The first kappa shape index (κ1) is 38.5. The van der Waals surface area contributed by atoms with Crippen LogP contribution in [0.15, 0.2) is 249 Å². The Morgan fingerprint density at radius 3 is 1.48 bits per heavy atom. The molecule has 0 radical (unpaired) electrons. The number of hydrogen-bond donors (Lipinski definition) is 0. The average molecular weight is 852 g/mol. The largest absolute Gasteiger partial charge is 0.309 e. The first-order valence-corrected chi connectivity index (χ1v) is 22.9. The van der Waals surface area contributed by atoms with E-state index in [1.807, 2.05) is 0 Å². The summed E-state index contributed by atoms with van der Waals surface area (Å²) < 4.78 is 2.36. The smallest absolute Gasteiger partial charge is 0.160 e. The minimum atomic E-state index is 0.685. The van der Waals surface area contributed by atoms with E-state index in [4.69, 9.17) is 9.97 Å². The van der Waals surface area contributed by atoms with Crippen molar-refractivity contribution in [1.82, 2.24) is 14.5 Å². The number of hydrogen-bond acceptors (Lipinski definition) is 2. The summed E-state index contributed by atoms with van der Waals surface area (Å²) in [5, 5.41) is 9.95. The van der Waals surface area contributed by atoms with Crippen molar-refractivity contribution in [2.75, 3.05) is 0 Å². The molecule has 0 aliphatic heterocycles. The molecule has 0 amide bonds. The summed E-state index contributed by atoms with van der Waals surface area (Å²) in [6.45, 7) is 0. The molecule has 0 bridgehead atoms. The summed E-state index contributed by atoms with van der Waals surface area (Å²) in [4.78, 5) is 10.6. The lowest BCUT2D eigenvalue weighted by Crippen LogP contribution is -1.96. The van der Waals surface area contributed by atoms with E-state index in [0.29, 0.717) is 5.82 Å². The van der Waals surface area contributed by atoms with E-state index in [0.717, 1.165) is 44.9 Å². The molecular formula is C64H41N3. The molecule has 0 fully saturated rings. The van der Waals surface area contributed by atoms with Crippen LogP contribution in [0.4, 0.5) is 0 Å². The fourth-order valence-electron chi connectivity index (χ4n) is 10.1. The number of benzene rings is 11. The van der Waals surface area contributed by atoms with Crippen LogP contribution >= 0.6 is 0 Å². The number of rotatable bonds is 7. The minimum Gasteiger partial charge on any atom is -0.309 e. The lowest BCUT2D eigenvalue weighted by molar-refractivity contribution is 1.18. The van der Waals surface area contributed by atoms with Crippen molar-refractivity contribution in [3.05, 3.63) is 249 Å². The van der Waals surface area contributed by atoms with Gasteiger partial charge in [0.15, 0.2) is 5.82 Å². The fraction of sp³-hybridized carbons (Fsp3) is 0. The van der Waals surface area contributed by atoms with Gasteiger partial charge in [0.1, 0.15) is 0 Å². The molecule has 2 aromatic heterocycles. The summed E-state index contributed by atoms with van der Waals surface area (Å²) in [6, 6.07) is 89.4. The molecule has 0 saturated carbocycles. The van der Waals surface area contributed by atoms with Crippen molar-refractivity contribution in [2.45, 2.75) is 0 Å². The Hall–Kier alpha value is -8.92. The maximum Gasteiger partial charge on any atom is 0.160 e. The second-order valence-corrected chi connectivity index (χ2v) is 17.3. The van der Waals surface area contributed by atoms with Crippen LogP contribution in [0.1, 0.15) is 0 Å². The molecular weight excluding hydrogens is 811 g/mol. The van der Waals surface area contributed by atoms with Gasteiger partial charge in [-0.15, -0.1) is 0 Å². The van der Waals surface area contributed by atoms with Crippen LogP contribution in [0.2, 0.25) is 0 Å². The highest BCUT2D eigenvalue weighted by atomic mass is 15.0. The van der Waals surface area contributed by atoms with Crippen LogP contribution in [-0.4, -0.2) is 14.5 Å². The van der Waals surface area contributed by atoms with Gasteiger partial charge < -0.3 is 4.57 Å². The van der Waals surface area contributed by atoms with Crippen LogP contribution < -0.4 is 0 Å². The molecule has 312 valence electrons. The lowest BCUT2D eigenvalue weighted by atomic mass is 9.89. The van der Waals surface area contributed by atoms with E-state index in [1.165, 1.54) is 76.4 Å². The highest BCUT2D eigenvalue weighted by Gasteiger charge is 2.17. The maximum absolute atomic E-state index is 5.30. The summed E-state index contributed by atoms with van der Waals surface area (Å²) in [6.07, 6.45) is 0. The van der Waals surface area contributed by atoms with Crippen molar-refractivity contribution in [2.24, 2.45) is 0 Å². The zero-order valence-corrected chi connectivity index (χ0v) is 36.5. The Bertz CT molecular complexity index is 3980. The van der Waals surface area contributed by atoms with E-state index in [2.05, 4.69) is 253 Å². The molecule has 0 atom stereocenters. The lowest BCUT2D eigenvalue weighted by Gasteiger charge is -2.15. The normalized spacial score (nSPS) is 11.6. The molecule has 3 heteroatoms. The second kappa shape index (κ2) is 16.0. The van der Waals surface area contributed by atoms with Gasteiger partial charge in [0, 0.05) is 33.2 Å². The van der Waals surface area contributed by atoms with Crippen molar-refractivity contribution < 1.29 is 0 Å². The molecule has 0 aliphatic rings. The van der Waals surface area contributed by atoms with Gasteiger partial charge in [0.25, 0.3) is 0 Å². The maximum atomic E-state index is 5.30. The van der Waals surface area contributed by atoms with Crippen molar-refractivity contribution >= 4 is 54.1 Å². The summed E-state index contributed by atoms with van der Waals surface area (Å²) in [5.41, 5.74) is 15.4. The number of fused-ring (bicyclic) bond motifs is 7. The van der Waals surface area contributed by atoms with Crippen LogP contribution in [-0.2, 0) is 0 Å². The molecule has 11 aromatic carbocycles. The molecule has 0 unspecified atom stereocenters. The third-order valence-corrected chi connectivity index (χ3v) is 13.4. The van der Waals surface area contributed by atoms with Gasteiger partial charge in [0.05, 0.1) is 22.4 Å². The first-order chi connectivity index (χ1) is 33.2. The van der Waals surface area contributed by atoms with Gasteiger partial charge in [-0.1, -0.05) is 206 Å². The summed E-state index contributed by atoms with van der Waals surface area (Å²) >= 11 is 0. The molecule has 67 heavy (non-hydrogen) atoms. The topological polar surface area (TPSA) is 30.7 Å². The number of para-hydroxylation sites is 2. The van der Waals surface area contributed by atoms with Crippen molar-refractivity contribution in [1.29, 1.82) is 0 Å². The highest BCUT2D eigenvalue weighted by Crippen LogP contribution is 2.41. The summed E-state index contributed by atoms with van der Waals surface area (Å²) in [7, 11) is 0. The molecule has 0 spiro atoms. The quantitative estimate of drug-likeness (QED) is 0.118. The Balaban J connectivity index is 0.902. The number of aromatic nitrogens is 3. The van der Waals surface area contributed by atoms with Gasteiger partial charge in [-0.25, -0.2) is 9.97 Å². The predicted octanol–water partition coefficient (Wildman–Crippen LogP) is 17.0. The standard InChI is InChI=1S/C64H41N3/c1-3-13-42(14-4-1)43-23-27-46(28-24-43)59-41-60(47-29-25-44(26-30-47)50-36-38-62-58(39-50)55-21-11-12-22-61(55)67(62)52-17-5-2-6-18-52)66-64(65-59)49-33-31-48(32-34-49)63-54-20-10-8-16-51(54)40-57-53-19-9-7-15-45(53)35-37-56(57)63/h1-41H. The molecule has 0 saturated heterocycles. The second-order valence-electron chi connectivity index (χ2n) is 17.3. The zero-order valence-electron chi connectivity index (χ0n) is 36.5. The van der Waals surface area contributed by atoms with E-state index < -0.39 is 0 Å². The third kappa shape index (κ3) is 6.76. The minimum absolute atomic E-state index is 0.685. The van der Waals surface area contributed by atoms with Crippen LogP contribution in [0, 0.1) is 0 Å². The van der Waals surface area contributed by atoms with E-state index in [9.17, 15) is 0 Å². The number of nitrogens with zero attached hydrogens (tertiary/aromatic N) is 3. The zero-order chi connectivity index (χ0) is 44.3. The first-order valence-electron chi connectivity index (χ1n) is 22.9. The Morgan fingerprint density at radius 1 is 0.254 bits per heavy atom. The van der Waals surface area contributed by atoms with Gasteiger partial charge in [-0.3, -0.25) is 0 Å². The average Bonchev–Trinajstić information content (AvgIpc) is 3.74. The fourth-order valence-corrected chi connectivity index (χ4v) is 10.1. The van der Waals surface area contributed by atoms with E-state index in [-0.39, 0.29) is 0 Å². The van der Waals surface area contributed by atoms with Crippen LogP contribution in [0.5, 0.6) is 0 Å². The van der Waals surface area contributed by atoms with Gasteiger partial charge >= 0.3 is 0 Å². The van der Waals surface area contributed by atoms with E-state index >= 15 is 0 Å². The van der Waals surface area contributed by atoms with Crippen molar-refractivity contribution in [3.63, 3.8) is 0 Å². The molecule has 13 aromatic rings. The van der Waals surface area contributed by atoms with E-state index in [1.54, 1.807) is 0 Å². The summed E-state index contributed by atoms with van der Waals surface area (Å²) in [5.74, 6) is 0.685. The molecule has 13 rings (SSSR count).